The maximum atomic E-state index is 11.3. The van der Waals surface area contributed by atoms with Crippen LogP contribution in [-0.2, 0) is 17.6 Å². The highest BCUT2D eigenvalue weighted by Crippen LogP contribution is 2.34. The number of para-hydroxylation sites is 2. The maximum absolute atomic E-state index is 11.3. The highest BCUT2D eigenvalue weighted by atomic mass is 32.2. The van der Waals surface area contributed by atoms with E-state index in [9.17, 15) is 9.59 Å². The molecule has 37 heavy (non-hydrogen) atoms. The lowest BCUT2D eigenvalue weighted by Gasteiger charge is -1.96. The van der Waals surface area contributed by atoms with E-state index in [1.165, 1.54) is 47.8 Å². The van der Waals surface area contributed by atoms with Gasteiger partial charge in [-0.1, -0.05) is 36.4 Å². The van der Waals surface area contributed by atoms with E-state index in [0.717, 1.165) is 34.3 Å². The molecule has 8 nitrogen and oxygen atoms in total. The molecule has 0 fully saturated rings. The molecular weight excluding hydrogens is 512 g/mol. The lowest BCUT2D eigenvalue weighted by Crippen LogP contribution is -1.98. The number of aliphatic imine (C=N–C) groups is 2. The molecule has 2 aromatic carbocycles. The van der Waals surface area contributed by atoms with Crippen molar-refractivity contribution in [2.75, 3.05) is 7.11 Å². The second kappa shape index (κ2) is 10.9. The molecule has 0 saturated carbocycles. The number of carboxylic acid groups (broad SMARTS) is 1. The summed E-state index contributed by atoms with van der Waals surface area (Å²) in [6, 6.07) is 22.4. The van der Waals surface area contributed by atoms with Crippen LogP contribution in [0.5, 0.6) is 0 Å². The predicted octanol–water partition coefficient (Wildman–Crippen LogP) is 6.80. The van der Waals surface area contributed by atoms with Gasteiger partial charge in [0.2, 0.25) is 11.5 Å². The molecule has 10 heteroatoms. The Balaban J connectivity index is 0.000000152. The number of furan rings is 2. The molecule has 186 valence electrons. The number of aromatic carboxylic acids is 1. The number of fused-ring (bicyclic) bond motifs is 2. The van der Waals surface area contributed by atoms with Gasteiger partial charge in [0.25, 0.3) is 0 Å². The van der Waals surface area contributed by atoms with Crippen LogP contribution in [0.3, 0.4) is 0 Å². The SMILES string of the molecule is COC(=O)c1ccc(SC2=Nc3ccccc3C2)o1.O=C(O)c1ccc(SC2=Nc3ccccc3C2)o1. The smallest absolute Gasteiger partial charge is 0.374 e. The van der Waals surface area contributed by atoms with Crippen molar-refractivity contribution in [3.05, 3.63) is 95.4 Å². The van der Waals surface area contributed by atoms with Gasteiger partial charge in [-0.25, -0.2) is 19.6 Å². The summed E-state index contributed by atoms with van der Waals surface area (Å²) in [5.41, 5.74) is 4.38. The Kier molecular flexibility index (Phi) is 7.29. The van der Waals surface area contributed by atoms with E-state index in [1.807, 2.05) is 42.5 Å². The van der Waals surface area contributed by atoms with Crippen LogP contribution in [0.25, 0.3) is 0 Å². The molecular formula is C27H20N2O6S2. The topological polar surface area (TPSA) is 115 Å². The van der Waals surface area contributed by atoms with E-state index in [0.29, 0.717) is 10.2 Å². The summed E-state index contributed by atoms with van der Waals surface area (Å²) in [6.45, 7) is 0. The molecule has 0 unspecified atom stereocenters. The summed E-state index contributed by atoms with van der Waals surface area (Å²) in [5, 5.41) is 11.9. The van der Waals surface area contributed by atoms with Crippen molar-refractivity contribution in [2.24, 2.45) is 9.98 Å². The fraction of sp³-hybridized carbons (Fsp3) is 0.111. The molecule has 2 aliphatic heterocycles. The summed E-state index contributed by atoms with van der Waals surface area (Å²) in [4.78, 5) is 31.0. The van der Waals surface area contributed by atoms with E-state index in [-0.39, 0.29) is 11.5 Å². The van der Waals surface area contributed by atoms with Crippen LogP contribution < -0.4 is 0 Å². The van der Waals surface area contributed by atoms with E-state index >= 15 is 0 Å². The number of carboxylic acids is 1. The van der Waals surface area contributed by atoms with Gasteiger partial charge in [-0.05, 0) is 71.0 Å². The van der Waals surface area contributed by atoms with Gasteiger partial charge < -0.3 is 18.7 Å². The van der Waals surface area contributed by atoms with Crippen molar-refractivity contribution in [2.45, 2.75) is 23.0 Å². The summed E-state index contributed by atoms with van der Waals surface area (Å²) in [5.74, 6) is -1.36. The van der Waals surface area contributed by atoms with Crippen LogP contribution in [0.2, 0.25) is 0 Å². The van der Waals surface area contributed by atoms with Crippen LogP contribution in [0.1, 0.15) is 32.2 Å². The van der Waals surface area contributed by atoms with Crippen molar-refractivity contribution in [1.82, 2.24) is 0 Å². The minimum Gasteiger partial charge on any atom is -0.475 e. The van der Waals surface area contributed by atoms with E-state index < -0.39 is 11.9 Å². The van der Waals surface area contributed by atoms with Crippen molar-refractivity contribution in [3.63, 3.8) is 0 Å². The van der Waals surface area contributed by atoms with Crippen molar-refractivity contribution >= 4 is 56.9 Å². The predicted molar refractivity (Wildman–Crippen MR) is 142 cm³/mol. The largest absolute Gasteiger partial charge is 0.475 e. The van der Waals surface area contributed by atoms with Gasteiger partial charge in [0, 0.05) is 12.8 Å². The van der Waals surface area contributed by atoms with Crippen molar-refractivity contribution < 1.29 is 28.3 Å². The Bertz CT molecular complexity index is 1530. The molecule has 0 atom stereocenters. The number of hydrogen-bond donors (Lipinski definition) is 1. The van der Waals surface area contributed by atoms with Gasteiger partial charge in [0.05, 0.1) is 28.6 Å². The molecule has 4 heterocycles. The number of ether oxygens (including phenoxy) is 1. The fourth-order valence-electron chi connectivity index (χ4n) is 3.64. The average molecular weight is 533 g/mol. The zero-order valence-corrected chi connectivity index (χ0v) is 21.2. The van der Waals surface area contributed by atoms with Crippen LogP contribution in [-0.4, -0.2) is 34.2 Å². The minimum absolute atomic E-state index is 0.0476. The van der Waals surface area contributed by atoms with Crippen LogP contribution in [0.15, 0.2) is 102 Å². The zero-order valence-electron chi connectivity index (χ0n) is 19.5. The molecule has 2 aromatic heterocycles. The monoisotopic (exact) mass is 532 g/mol. The van der Waals surface area contributed by atoms with Gasteiger partial charge in [-0.15, -0.1) is 0 Å². The number of methoxy groups -OCH3 is 1. The first-order chi connectivity index (χ1) is 18.0. The number of hydrogen-bond acceptors (Lipinski definition) is 9. The highest BCUT2D eigenvalue weighted by Gasteiger charge is 2.19. The second-order valence-electron chi connectivity index (χ2n) is 7.86. The second-order valence-corrected chi connectivity index (χ2v) is 10.0. The maximum Gasteiger partial charge on any atom is 0.374 e. The van der Waals surface area contributed by atoms with Gasteiger partial charge in [0.15, 0.2) is 10.2 Å². The number of esters is 1. The first kappa shape index (κ1) is 24.7. The number of nitrogens with zero attached hydrogens (tertiary/aromatic N) is 2. The molecule has 0 spiro atoms. The normalized spacial score (nSPS) is 13.1. The average Bonchev–Trinajstić information content (AvgIpc) is 3.69. The van der Waals surface area contributed by atoms with Crippen molar-refractivity contribution in [3.8, 4) is 0 Å². The van der Waals surface area contributed by atoms with Gasteiger partial charge in [-0.3, -0.25) is 0 Å². The van der Waals surface area contributed by atoms with E-state index in [1.54, 1.807) is 18.2 Å². The number of carbonyl (C=O) groups excluding carboxylic acids is 1. The first-order valence-corrected chi connectivity index (χ1v) is 12.8. The first-order valence-electron chi connectivity index (χ1n) is 11.2. The van der Waals surface area contributed by atoms with E-state index in [2.05, 4.69) is 20.8 Å². The lowest BCUT2D eigenvalue weighted by atomic mass is 10.2. The molecule has 2 aliphatic rings. The van der Waals surface area contributed by atoms with E-state index in [4.69, 9.17) is 13.9 Å². The molecule has 0 bridgehead atoms. The molecule has 1 N–H and O–H groups in total. The Morgan fingerprint density at radius 3 is 1.70 bits per heavy atom. The Morgan fingerprint density at radius 1 is 0.757 bits per heavy atom. The van der Waals surface area contributed by atoms with Gasteiger partial charge in [-0.2, -0.15) is 0 Å². The zero-order chi connectivity index (χ0) is 25.8. The van der Waals surface area contributed by atoms with Gasteiger partial charge >= 0.3 is 11.9 Å². The fourth-order valence-corrected chi connectivity index (χ4v) is 5.38. The summed E-state index contributed by atoms with van der Waals surface area (Å²) in [6.07, 6.45) is 1.57. The molecule has 4 aromatic rings. The number of rotatable bonds is 4. The molecule has 0 saturated heterocycles. The third kappa shape index (κ3) is 5.87. The van der Waals surface area contributed by atoms with Crippen LogP contribution in [0.4, 0.5) is 11.4 Å². The Morgan fingerprint density at radius 2 is 1.24 bits per heavy atom. The standard InChI is InChI=1S/C14H11NO3S.C13H9NO3S/c1-17-14(16)11-6-7-13(18-11)19-12-8-9-4-2-3-5-10(9)15-12;15-13(16)10-5-6-12(17-10)18-11-7-8-3-1-2-4-9(8)14-11/h2-7H,8H2,1H3;1-6H,7H2,(H,15,16). The Labute approximate surface area is 220 Å². The lowest BCUT2D eigenvalue weighted by molar-refractivity contribution is 0.0558. The van der Waals surface area contributed by atoms with Crippen LogP contribution >= 0.6 is 23.5 Å². The summed E-state index contributed by atoms with van der Waals surface area (Å²) >= 11 is 2.80. The Hall–Kier alpha value is -4.02. The number of benzene rings is 2. The van der Waals surface area contributed by atoms with Crippen molar-refractivity contribution in [1.29, 1.82) is 0 Å². The summed E-state index contributed by atoms with van der Waals surface area (Å²) < 4.78 is 15.2. The third-order valence-corrected chi connectivity index (χ3v) is 7.14. The third-order valence-electron chi connectivity index (χ3n) is 5.35. The molecule has 6 rings (SSSR count). The highest BCUT2D eigenvalue weighted by molar-refractivity contribution is 8.14. The molecule has 0 aliphatic carbocycles. The molecule has 0 amide bonds. The number of carbonyl (C=O) groups is 2. The minimum atomic E-state index is -1.06. The summed E-state index contributed by atoms with van der Waals surface area (Å²) in [7, 11) is 1.33. The number of thioether (sulfide) groups is 2. The van der Waals surface area contributed by atoms with Gasteiger partial charge in [0.1, 0.15) is 0 Å². The quantitative estimate of drug-likeness (QED) is 0.285. The molecule has 0 radical (unpaired) electrons. The van der Waals surface area contributed by atoms with Crippen LogP contribution in [0, 0.1) is 0 Å².